The van der Waals surface area contributed by atoms with E-state index >= 15 is 0 Å². The Balaban J connectivity index is 1.60. The maximum absolute atomic E-state index is 13.5. The average molecular weight is 545 g/mol. The molecule has 1 aliphatic heterocycles. The van der Waals surface area contributed by atoms with Gasteiger partial charge in [-0.2, -0.15) is 5.26 Å². The number of methoxy groups -OCH3 is 1. The maximum Gasteiger partial charge on any atom is 0.254 e. The number of nitriles is 1. The number of nitrogens with zero attached hydrogens (tertiary/aromatic N) is 2. The third-order valence-electron chi connectivity index (χ3n) is 5.93. The molecule has 0 saturated carbocycles. The van der Waals surface area contributed by atoms with Gasteiger partial charge in [-0.3, -0.25) is 9.59 Å². The van der Waals surface area contributed by atoms with Gasteiger partial charge in [0.1, 0.15) is 11.7 Å². The summed E-state index contributed by atoms with van der Waals surface area (Å²) >= 11 is 7.17. The van der Waals surface area contributed by atoms with Crippen LogP contribution in [0.15, 0.2) is 95.1 Å². The third-order valence-corrected chi connectivity index (χ3v) is 7.23. The highest BCUT2D eigenvalue weighted by atomic mass is 35.5. The van der Waals surface area contributed by atoms with Gasteiger partial charge < -0.3 is 15.4 Å². The smallest absolute Gasteiger partial charge is 0.254 e. The number of thioether (sulfide) groups is 1. The lowest BCUT2D eigenvalue weighted by molar-refractivity contribution is -0.114. The van der Waals surface area contributed by atoms with Gasteiger partial charge in [0.25, 0.3) is 5.91 Å². The van der Waals surface area contributed by atoms with Crippen molar-refractivity contribution in [1.29, 1.82) is 5.26 Å². The predicted octanol–water partition coefficient (Wildman–Crippen LogP) is 6.27. The first-order chi connectivity index (χ1) is 18.4. The van der Waals surface area contributed by atoms with Crippen LogP contribution in [0.4, 0.5) is 11.4 Å². The largest absolute Gasteiger partial charge is 0.497 e. The standard InChI is InChI=1S/C29H25ClN4O3S/c1-18-26(28(36)34-21-13-11-20(30)12-14-21)27(19-7-4-3-5-8-19)24(16-31)29(32-18)38-17-25(35)33-22-9-6-10-23(15-22)37-2/h3-15,24,27H,17H2,1-2H3,(H,33,35)(H,34,36). The molecule has 2 N–H and O–H groups in total. The molecule has 0 fully saturated rings. The maximum atomic E-state index is 13.5. The molecule has 0 radical (unpaired) electrons. The van der Waals surface area contributed by atoms with Crippen LogP contribution in [-0.4, -0.2) is 29.7 Å². The first-order valence-corrected chi connectivity index (χ1v) is 13.1. The van der Waals surface area contributed by atoms with Gasteiger partial charge in [0, 0.05) is 39.7 Å². The highest BCUT2D eigenvalue weighted by molar-refractivity contribution is 8.14. The third kappa shape index (κ3) is 6.43. The molecule has 2 atom stereocenters. The van der Waals surface area contributed by atoms with Gasteiger partial charge in [0.2, 0.25) is 5.91 Å². The number of halogens is 1. The van der Waals surface area contributed by atoms with Crippen LogP contribution < -0.4 is 15.4 Å². The second-order valence-corrected chi connectivity index (χ2v) is 9.91. The first kappa shape index (κ1) is 27.0. The summed E-state index contributed by atoms with van der Waals surface area (Å²) in [5, 5.41) is 17.0. The van der Waals surface area contributed by atoms with E-state index in [1.165, 1.54) is 11.8 Å². The molecule has 9 heteroatoms. The van der Waals surface area contributed by atoms with Crippen LogP contribution in [0.2, 0.25) is 5.02 Å². The lowest BCUT2D eigenvalue weighted by Gasteiger charge is -2.30. The van der Waals surface area contributed by atoms with E-state index in [-0.39, 0.29) is 17.6 Å². The number of aliphatic imine (C=N–C) groups is 1. The van der Waals surface area contributed by atoms with Crippen molar-refractivity contribution in [3.63, 3.8) is 0 Å². The molecule has 3 aromatic carbocycles. The Kier molecular flexibility index (Phi) is 8.85. The molecule has 1 heterocycles. The number of benzene rings is 3. The minimum atomic E-state index is -0.748. The summed E-state index contributed by atoms with van der Waals surface area (Å²) < 4.78 is 5.20. The summed E-state index contributed by atoms with van der Waals surface area (Å²) in [6.45, 7) is 1.75. The van der Waals surface area contributed by atoms with Crippen LogP contribution in [0.5, 0.6) is 5.75 Å². The summed E-state index contributed by atoms with van der Waals surface area (Å²) in [6, 6.07) is 25.6. The molecule has 192 valence electrons. The summed E-state index contributed by atoms with van der Waals surface area (Å²) in [6.07, 6.45) is 0. The molecule has 3 aromatic rings. The van der Waals surface area contributed by atoms with E-state index in [1.807, 2.05) is 30.3 Å². The number of anilines is 2. The molecule has 0 bridgehead atoms. The number of allylic oxidation sites excluding steroid dienone is 1. The van der Waals surface area contributed by atoms with Crippen LogP contribution in [0.3, 0.4) is 0 Å². The van der Waals surface area contributed by atoms with E-state index in [1.54, 1.807) is 62.6 Å². The van der Waals surface area contributed by atoms with Crippen LogP contribution >= 0.6 is 23.4 Å². The fourth-order valence-electron chi connectivity index (χ4n) is 4.18. The number of rotatable bonds is 7. The monoisotopic (exact) mass is 544 g/mol. The number of amides is 2. The van der Waals surface area contributed by atoms with Crippen molar-refractivity contribution in [1.82, 2.24) is 0 Å². The fourth-order valence-corrected chi connectivity index (χ4v) is 5.22. The molecule has 2 amide bonds. The van der Waals surface area contributed by atoms with Crippen LogP contribution in [-0.2, 0) is 9.59 Å². The lowest BCUT2D eigenvalue weighted by Crippen LogP contribution is -2.31. The van der Waals surface area contributed by atoms with E-state index in [2.05, 4.69) is 21.7 Å². The van der Waals surface area contributed by atoms with Gasteiger partial charge in [-0.15, -0.1) is 0 Å². The summed E-state index contributed by atoms with van der Waals surface area (Å²) in [4.78, 5) is 30.8. The number of hydrogen-bond acceptors (Lipinski definition) is 6. The average Bonchev–Trinajstić information content (AvgIpc) is 2.93. The van der Waals surface area contributed by atoms with E-state index in [4.69, 9.17) is 16.3 Å². The summed E-state index contributed by atoms with van der Waals surface area (Å²) in [5.41, 5.74) is 2.90. The zero-order valence-corrected chi connectivity index (χ0v) is 22.3. The zero-order chi connectivity index (χ0) is 27.1. The topological polar surface area (TPSA) is 104 Å². The van der Waals surface area contributed by atoms with Gasteiger partial charge >= 0.3 is 0 Å². The van der Waals surface area contributed by atoms with Crippen molar-refractivity contribution < 1.29 is 14.3 Å². The van der Waals surface area contributed by atoms with Gasteiger partial charge in [0.15, 0.2) is 0 Å². The number of nitrogens with one attached hydrogen (secondary N) is 2. The first-order valence-electron chi connectivity index (χ1n) is 11.8. The number of carbonyl (C=O) groups is 2. The Morgan fingerprint density at radius 3 is 2.45 bits per heavy atom. The van der Waals surface area contributed by atoms with Crippen molar-refractivity contribution in [2.45, 2.75) is 12.8 Å². The second-order valence-electron chi connectivity index (χ2n) is 8.47. The Labute approximate surface area is 230 Å². The molecule has 7 nitrogen and oxygen atoms in total. The van der Waals surface area contributed by atoms with Crippen molar-refractivity contribution in [2.75, 3.05) is 23.5 Å². The van der Waals surface area contributed by atoms with E-state index in [0.29, 0.717) is 38.5 Å². The summed E-state index contributed by atoms with van der Waals surface area (Å²) in [5.74, 6) is -1.21. The van der Waals surface area contributed by atoms with Gasteiger partial charge in [-0.05, 0) is 48.9 Å². The van der Waals surface area contributed by atoms with E-state index < -0.39 is 11.8 Å². The van der Waals surface area contributed by atoms with Crippen molar-refractivity contribution in [3.05, 3.63) is 101 Å². The Morgan fingerprint density at radius 1 is 1.03 bits per heavy atom. The number of carbonyl (C=O) groups excluding carboxylic acids is 2. The van der Waals surface area contributed by atoms with Gasteiger partial charge in [0.05, 0.1) is 24.0 Å². The van der Waals surface area contributed by atoms with Crippen LogP contribution in [0, 0.1) is 17.2 Å². The molecular formula is C29H25ClN4O3S. The van der Waals surface area contributed by atoms with E-state index in [0.717, 1.165) is 5.56 Å². The van der Waals surface area contributed by atoms with E-state index in [9.17, 15) is 14.9 Å². The number of hydrogen-bond donors (Lipinski definition) is 2. The SMILES string of the molecule is COc1cccc(NC(=O)CSC2=NC(C)=C(C(=O)Nc3ccc(Cl)cc3)C(c3ccccc3)C2C#N)c1. The van der Waals surface area contributed by atoms with Gasteiger partial charge in [-0.25, -0.2) is 4.99 Å². The Morgan fingerprint density at radius 2 is 1.76 bits per heavy atom. The van der Waals surface area contributed by atoms with Crippen LogP contribution in [0.25, 0.3) is 0 Å². The number of ether oxygens (including phenoxy) is 1. The van der Waals surface area contributed by atoms with Gasteiger partial charge in [-0.1, -0.05) is 59.8 Å². The molecule has 4 rings (SSSR count). The molecule has 0 aliphatic carbocycles. The molecule has 2 unspecified atom stereocenters. The Bertz CT molecular complexity index is 1430. The zero-order valence-electron chi connectivity index (χ0n) is 20.8. The lowest BCUT2D eigenvalue weighted by atomic mass is 9.78. The minimum Gasteiger partial charge on any atom is -0.497 e. The minimum absolute atomic E-state index is 0.0509. The van der Waals surface area contributed by atoms with Crippen molar-refractivity contribution in [2.24, 2.45) is 10.9 Å². The molecule has 1 aliphatic rings. The van der Waals surface area contributed by atoms with Crippen molar-refractivity contribution in [3.8, 4) is 11.8 Å². The highest BCUT2D eigenvalue weighted by Crippen LogP contribution is 2.41. The fraction of sp³-hybridized carbons (Fsp3) is 0.172. The Hall–Kier alpha value is -4.06. The molecule has 0 aromatic heterocycles. The van der Waals surface area contributed by atoms with Crippen LogP contribution in [0.1, 0.15) is 18.4 Å². The highest BCUT2D eigenvalue weighted by Gasteiger charge is 2.39. The normalized spacial score (nSPS) is 16.7. The predicted molar refractivity (Wildman–Crippen MR) is 153 cm³/mol. The molecule has 0 saturated heterocycles. The quantitative estimate of drug-likeness (QED) is 0.365. The molecular weight excluding hydrogens is 520 g/mol. The molecule has 0 spiro atoms. The van der Waals surface area contributed by atoms with Crippen molar-refractivity contribution >= 4 is 51.6 Å². The second kappa shape index (κ2) is 12.5. The molecule has 38 heavy (non-hydrogen) atoms. The summed E-state index contributed by atoms with van der Waals surface area (Å²) in [7, 11) is 1.56.